The van der Waals surface area contributed by atoms with Crippen LogP contribution in [0.5, 0.6) is 0 Å². The second kappa shape index (κ2) is 14.3. The Bertz CT molecular complexity index is 3570. The molecule has 0 aliphatic carbocycles. The van der Waals surface area contributed by atoms with E-state index in [4.69, 9.17) is 4.42 Å². The van der Waals surface area contributed by atoms with Crippen LogP contribution < -0.4 is 26.2 Å². The van der Waals surface area contributed by atoms with Crippen molar-refractivity contribution >= 4 is 111 Å². The first-order chi connectivity index (χ1) is 31.2. The molecule has 0 fully saturated rings. The van der Waals surface area contributed by atoms with Gasteiger partial charge in [-0.1, -0.05) is 120 Å². The Hall–Kier alpha value is -6.34. The highest BCUT2D eigenvalue weighted by Crippen LogP contribution is 2.50. The third kappa shape index (κ3) is 6.21. The lowest BCUT2D eigenvalue weighted by molar-refractivity contribution is 0.589. The molecule has 0 amide bonds. The van der Waals surface area contributed by atoms with Gasteiger partial charge in [-0.3, -0.25) is 4.90 Å². The normalized spacial score (nSPS) is 13.5. The Morgan fingerprint density at radius 1 is 0.508 bits per heavy atom. The number of benzene rings is 7. The van der Waals surface area contributed by atoms with Crippen LogP contribution in [-0.2, 0) is 10.8 Å². The largest absolute Gasteiger partial charge is 0.440 e. The van der Waals surface area contributed by atoms with Crippen LogP contribution in [0.2, 0.25) is 0 Å². The van der Waals surface area contributed by atoms with Gasteiger partial charge in [0.25, 0.3) is 6.71 Å². The second-order valence-corrected chi connectivity index (χ2v) is 22.2. The maximum atomic E-state index is 7.29. The molecule has 2 aliphatic heterocycles. The number of fused-ring (bicyclic) bond motifs is 8. The lowest BCUT2D eigenvalue weighted by Crippen LogP contribution is -2.61. The van der Waals surface area contributed by atoms with Gasteiger partial charge in [-0.25, -0.2) is 0 Å². The number of anilines is 6. The Labute approximate surface area is 390 Å². The van der Waals surface area contributed by atoms with Crippen molar-refractivity contribution in [2.45, 2.75) is 73.1 Å². The summed E-state index contributed by atoms with van der Waals surface area (Å²) in [5.41, 5.74) is 21.9. The number of thiophene rings is 2. The Morgan fingerprint density at radius 3 is 1.77 bits per heavy atom. The lowest BCUT2D eigenvalue weighted by Gasteiger charge is -2.43. The molecule has 7 aromatic carbocycles. The van der Waals surface area contributed by atoms with E-state index in [1.165, 1.54) is 115 Å². The molecule has 0 saturated carbocycles. The maximum absolute atomic E-state index is 7.29. The molecule has 0 unspecified atom stereocenters. The molecule has 0 atom stereocenters. The van der Waals surface area contributed by atoms with Crippen LogP contribution >= 0.6 is 22.7 Å². The Kier molecular flexibility index (Phi) is 8.86. The highest BCUT2D eigenvalue weighted by Gasteiger charge is 2.47. The molecule has 0 N–H and O–H groups in total. The summed E-state index contributed by atoms with van der Waals surface area (Å²) in [7, 11) is 0. The molecule has 2 aliphatic rings. The third-order valence-electron chi connectivity index (χ3n) is 14.0. The van der Waals surface area contributed by atoms with Gasteiger partial charge < -0.3 is 9.32 Å². The summed E-state index contributed by atoms with van der Waals surface area (Å²) < 4.78 is 9.90. The van der Waals surface area contributed by atoms with Gasteiger partial charge in [-0.05, 0) is 147 Å². The van der Waals surface area contributed by atoms with E-state index < -0.39 is 0 Å². The zero-order valence-corrected chi connectivity index (χ0v) is 40.2. The minimum Gasteiger partial charge on any atom is -0.440 e. The molecule has 3 aromatic heterocycles. The fourth-order valence-electron chi connectivity index (χ4n) is 10.7. The number of furan rings is 1. The average molecular weight is 879 g/mol. The molecule has 318 valence electrons. The molecular weight excluding hydrogens is 828 g/mol. The van der Waals surface area contributed by atoms with Crippen LogP contribution in [0.4, 0.5) is 34.3 Å². The molecule has 10 aromatic rings. The van der Waals surface area contributed by atoms with E-state index in [0.717, 1.165) is 17.2 Å². The predicted octanol–water partition coefficient (Wildman–Crippen LogP) is 15.8. The Morgan fingerprint density at radius 2 is 1.12 bits per heavy atom. The first-order valence-electron chi connectivity index (χ1n) is 22.8. The van der Waals surface area contributed by atoms with E-state index in [2.05, 4.69) is 216 Å². The molecule has 3 nitrogen and oxygen atoms in total. The summed E-state index contributed by atoms with van der Waals surface area (Å²) >= 11 is 3.64. The van der Waals surface area contributed by atoms with Crippen LogP contribution in [0.1, 0.15) is 69.4 Å². The molecule has 12 rings (SSSR count). The predicted molar refractivity (Wildman–Crippen MR) is 283 cm³/mol. The zero-order valence-electron chi connectivity index (χ0n) is 38.6. The highest BCUT2D eigenvalue weighted by molar-refractivity contribution is 7.18. The minimum absolute atomic E-state index is 0.0135. The van der Waals surface area contributed by atoms with Gasteiger partial charge >= 0.3 is 0 Å². The minimum atomic E-state index is -0.0821. The quantitative estimate of drug-likeness (QED) is 0.164. The third-order valence-corrected chi connectivity index (χ3v) is 15.9. The van der Waals surface area contributed by atoms with Crippen molar-refractivity contribution in [2.24, 2.45) is 0 Å². The molecule has 5 heterocycles. The summed E-state index contributed by atoms with van der Waals surface area (Å²) in [4.78, 5) is 5.05. The molecule has 0 radical (unpaired) electrons. The van der Waals surface area contributed by atoms with Crippen molar-refractivity contribution in [2.75, 3.05) is 9.80 Å². The van der Waals surface area contributed by atoms with Gasteiger partial charge in [0.2, 0.25) is 5.88 Å². The molecule has 0 bridgehead atoms. The van der Waals surface area contributed by atoms with Crippen LogP contribution in [0.15, 0.2) is 149 Å². The number of aryl methyl sites for hydroxylation is 3. The Balaban J connectivity index is 1.18. The fraction of sp³-hybridized carbons (Fsp3) is 0.186. The van der Waals surface area contributed by atoms with Crippen molar-refractivity contribution in [1.29, 1.82) is 0 Å². The topological polar surface area (TPSA) is 19.6 Å². The van der Waals surface area contributed by atoms with Crippen molar-refractivity contribution in [3.8, 4) is 22.3 Å². The van der Waals surface area contributed by atoms with Crippen molar-refractivity contribution in [3.63, 3.8) is 0 Å². The van der Waals surface area contributed by atoms with E-state index >= 15 is 0 Å². The lowest BCUT2D eigenvalue weighted by atomic mass is 9.33. The monoisotopic (exact) mass is 878 g/mol. The first kappa shape index (κ1) is 40.2. The molecule has 6 heteroatoms. The first-order valence-corrected chi connectivity index (χ1v) is 24.6. The number of rotatable bonds is 4. The summed E-state index contributed by atoms with van der Waals surface area (Å²) in [6.45, 7) is 20.6. The van der Waals surface area contributed by atoms with E-state index in [0.29, 0.717) is 0 Å². The molecule has 0 saturated heterocycles. The van der Waals surface area contributed by atoms with Gasteiger partial charge in [-0.15, -0.1) is 22.7 Å². The molecular formula is C59H51BN2OS2. The number of nitrogens with zero attached hydrogens (tertiary/aromatic N) is 2. The molecule has 0 spiro atoms. The van der Waals surface area contributed by atoms with Gasteiger partial charge in [0.05, 0.1) is 5.69 Å². The van der Waals surface area contributed by atoms with Crippen LogP contribution in [0.25, 0.3) is 53.4 Å². The van der Waals surface area contributed by atoms with Crippen LogP contribution in [0.3, 0.4) is 0 Å². The number of hydrogen-bond donors (Lipinski definition) is 0. The second-order valence-electron chi connectivity index (χ2n) is 20.4. The highest BCUT2D eigenvalue weighted by atomic mass is 32.1. The van der Waals surface area contributed by atoms with Crippen molar-refractivity contribution in [3.05, 3.63) is 172 Å². The van der Waals surface area contributed by atoms with Crippen molar-refractivity contribution in [1.82, 2.24) is 0 Å². The zero-order chi connectivity index (χ0) is 44.7. The summed E-state index contributed by atoms with van der Waals surface area (Å²) in [6.07, 6.45) is 0. The van der Waals surface area contributed by atoms with Gasteiger partial charge in [0, 0.05) is 64.9 Å². The smallest absolute Gasteiger partial charge is 0.257 e. The summed E-state index contributed by atoms with van der Waals surface area (Å²) in [5, 5.41) is 8.42. The standard InChI is InChI=1S/C59H51BN2OS2/c1-34-25-49-55-50(26-34)62(56-35(2)27-40(28-36(56)3)59(7,8)9)57-54(44-31-39(58(4,5)6)22-24-51(44)63-57)60(55)47-23-21-38(46-33-65-53-20-13-11-18-43(46)53)30-48(47)61(49)41-16-14-15-37(29-41)45-32-64-52-19-12-10-17-42(45)52/h10-33H,1-9H3. The van der Waals surface area contributed by atoms with Crippen LogP contribution in [-0.4, -0.2) is 6.71 Å². The molecule has 65 heavy (non-hydrogen) atoms. The van der Waals surface area contributed by atoms with Crippen molar-refractivity contribution < 1.29 is 4.42 Å². The fourth-order valence-corrected chi connectivity index (χ4v) is 12.7. The summed E-state index contributed by atoms with van der Waals surface area (Å²) in [5.74, 6) is 0.911. The van der Waals surface area contributed by atoms with Gasteiger partial charge in [0.1, 0.15) is 5.58 Å². The van der Waals surface area contributed by atoms with E-state index in [1.807, 2.05) is 22.7 Å². The van der Waals surface area contributed by atoms with Gasteiger partial charge in [-0.2, -0.15) is 0 Å². The SMILES string of the molecule is Cc1cc2c3c(c1)N(c1c(C)cc(C(C)(C)C)cc1C)c1oc4ccc(C(C)(C)C)cc4c1B3c1ccc(-c3csc4ccccc34)cc1N2c1cccc(-c2csc3ccccc23)c1. The van der Waals surface area contributed by atoms with E-state index in [1.54, 1.807) is 0 Å². The number of hydrogen-bond acceptors (Lipinski definition) is 5. The van der Waals surface area contributed by atoms with E-state index in [9.17, 15) is 0 Å². The maximum Gasteiger partial charge on any atom is 0.257 e. The van der Waals surface area contributed by atoms with E-state index in [-0.39, 0.29) is 17.5 Å². The summed E-state index contributed by atoms with van der Waals surface area (Å²) in [6, 6.07) is 50.6. The average Bonchev–Trinajstić information content (AvgIpc) is 4.01. The van der Waals surface area contributed by atoms with Gasteiger partial charge in [0.15, 0.2) is 0 Å². The van der Waals surface area contributed by atoms with Crippen LogP contribution in [0, 0.1) is 20.8 Å².